The third-order valence-corrected chi connectivity index (χ3v) is 10.8. The van der Waals surface area contributed by atoms with Gasteiger partial charge < -0.3 is 4.74 Å². The van der Waals surface area contributed by atoms with Gasteiger partial charge in [-0.15, -0.1) is 0 Å². The highest BCUT2D eigenvalue weighted by Gasteiger charge is 2.35. The van der Waals surface area contributed by atoms with E-state index in [0.717, 1.165) is 6.16 Å². The molecule has 32 heavy (non-hydrogen) atoms. The van der Waals surface area contributed by atoms with E-state index in [2.05, 4.69) is 32.9 Å². The molecule has 0 amide bonds. The molecule has 0 N–H and O–H groups in total. The molecule has 2 aromatic carbocycles. The van der Waals surface area contributed by atoms with E-state index >= 15 is 0 Å². The Kier molecular flexibility index (Phi) is 10.8. The number of nitro groups is 1. The molecule has 2 aromatic rings. The Bertz CT molecular complexity index is 827. The second-order valence-electron chi connectivity index (χ2n) is 8.57. The number of carbonyl (C=O) groups is 1. The first kappa shape index (κ1) is 26.0. The summed E-state index contributed by atoms with van der Waals surface area (Å²) in [7, 11) is -1.05. The van der Waals surface area contributed by atoms with E-state index in [1.165, 1.54) is 86.8 Å². The van der Waals surface area contributed by atoms with E-state index in [9.17, 15) is 14.9 Å². The third-order valence-electron chi connectivity index (χ3n) is 5.92. The summed E-state index contributed by atoms with van der Waals surface area (Å²) in [4.78, 5) is 22.8. The van der Waals surface area contributed by atoms with E-state index < -0.39 is 18.2 Å². The number of unbranched alkanes of at least 4 members (excludes halogenated alkanes) is 3. The van der Waals surface area contributed by atoms with Crippen molar-refractivity contribution in [3.05, 3.63) is 69.8 Å². The van der Waals surface area contributed by atoms with Crippen LogP contribution in [-0.2, 0) is 6.16 Å². The molecule has 0 spiro atoms. The summed E-state index contributed by atoms with van der Waals surface area (Å²) in [5.74, 6) is -0.150. The Labute approximate surface area is 193 Å². The first-order valence-corrected chi connectivity index (χ1v) is 14.4. The summed E-state index contributed by atoms with van der Waals surface area (Å²) in [5, 5.41) is 10.8. The smallest absolute Gasteiger partial charge is 0.343 e. The molecule has 0 atom stereocenters. The van der Waals surface area contributed by atoms with Crippen molar-refractivity contribution in [2.75, 3.05) is 18.5 Å². The second-order valence-corrected chi connectivity index (χ2v) is 12.9. The molecule has 0 radical (unpaired) electrons. The maximum atomic E-state index is 12.5. The van der Waals surface area contributed by atoms with Gasteiger partial charge in [0, 0.05) is 19.4 Å². The molecule has 0 aliphatic rings. The molecule has 0 aromatic heterocycles. The first-order valence-electron chi connectivity index (χ1n) is 11.8. The van der Waals surface area contributed by atoms with E-state index in [1.807, 2.05) is 12.1 Å². The fourth-order valence-electron chi connectivity index (χ4n) is 3.99. The largest absolute Gasteiger partial charge is 0.423 e. The molecule has 6 heteroatoms. The molecule has 0 aliphatic heterocycles. The maximum Gasteiger partial charge on any atom is 0.343 e. The number of hydrogen-bond donors (Lipinski definition) is 0. The Morgan fingerprint density at radius 3 is 1.78 bits per heavy atom. The van der Waals surface area contributed by atoms with Gasteiger partial charge in [0.25, 0.3) is 5.69 Å². The zero-order valence-electron chi connectivity index (χ0n) is 19.7. The van der Waals surface area contributed by atoms with Crippen molar-refractivity contribution in [2.45, 2.75) is 65.5 Å². The van der Waals surface area contributed by atoms with Gasteiger partial charge in [0.15, 0.2) is 0 Å². The zero-order chi connectivity index (χ0) is 23.4. The van der Waals surface area contributed by atoms with Crippen LogP contribution in [0.2, 0.25) is 0 Å². The number of esters is 1. The van der Waals surface area contributed by atoms with Crippen LogP contribution < -0.4 is 4.74 Å². The van der Waals surface area contributed by atoms with Gasteiger partial charge in [-0.1, -0.05) is 52.2 Å². The van der Waals surface area contributed by atoms with Crippen molar-refractivity contribution >= 4 is 18.9 Å². The average Bonchev–Trinajstić information content (AvgIpc) is 2.80. The number of rotatable bonds is 14. The monoisotopic (exact) mass is 458 g/mol. The quantitative estimate of drug-likeness (QED) is 0.0955. The summed E-state index contributed by atoms with van der Waals surface area (Å²) in [6.45, 7) is 6.83. The zero-order valence-corrected chi connectivity index (χ0v) is 20.6. The summed E-state index contributed by atoms with van der Waals surface area (Å²) < 4.78 is 5.38. The van der Waals surface area contributed by atoms with E-state index in [4.69, 9.17) is 4.74 Å². The fraction of sp³-hybridized carbons (Fsp3) is 0.500. The van der Waals surface area contributed by atoms with E-state index in [1.54, 1.807) is 0 Å². The molecule has 2 rings (SSSR count). The SMILES string of the molecule is CCCC[P+](CCCC)(CCCC)Cc1ccc(C(=O)Oc2ccc([N+](=O)[O-])cc2)cc1. The first-order chi connectivity index (χ1) is 15.4. The van der Waals surface area contributed by atoms with Crippen molar-refractivity contribution in [3.63, 3.8) is 0 Å². The second kappa shape index (κ2) is 13.3. The molecular weight excluding hydrogens is 421 g/mol. The van der Waals surface area contributed by atoms with Crippen LogP contribution in [0.15, 0.2) is 48.5 Å². The van der Waals surface area contributed by atoms with Gasteiger partial charge in [-0.2, -0.15) is 0 Å². The van der Waals surface area contributed by atoms with Gasteiger partial charge in [-0.3, -0.25) is 10.1 Å². The number of ether oxygens (including phenoxy) is 1. The highest BCUT2D eigenvalue weighted by atomic mass is 31.2. The van der Waals surface area contributed by atoms with Crippen LogP contribution in [-0.4, -0.2) is 29.4 Å². The lowest BCUT2D eigenvalue weighted by Crippen LogP contribution is -2.12. The van der Waals surface area contributed by atoms with Gasteiger partial charge >= 0.3 is 5.97 Å². The summed E-state index contributed by atoms with van der Waals surface area (Å²) in [5.41, 5.74) is 1.77. The van der Waals surface area contributed by atoms with Crippen molar-refractivity contribution in [3.8, 4) is 5.75 Å². The van der Waals surface area contributed by atoms with Crippen LogP contribution in [0.1, 0.15) is 75.2 Å². The van der Waals surface area contributed by atoms with Crippen molar-refractivity contribution in [2.24, 2.45) is 0 Å². The third kappa shape index (κ3) is 8.02. The Hall–Kier alpha value is -2.26. The molecule has 0 saturated carbocycles. The number of benzene rings is 2. The van der Waals surface area contributed by atoms with Crippen LogP contribution >= 0.6 is 7.26 Å². The standard InChI is InChI=1S/C26H37NO4P/c1-4-7-18-32(19-8-5-2,20-9-6-3)21-22-10-12-23(13-11-22)26(28)31-25-16-14-24(15-17-25)27(29)30/h10-17H,4-9,18-21H2,1-3H3/q+1. The van der Waals surface area contributed by atoms with Gasteiger partial charge in [0.2, 0.25) is 0 Å². The maximum absolute atomic E-state index is 12.5. The molecular formula is C26H37NO4P+. The van der Waals surface area contributed by atoms with Crippen LogP contribution in [0.5, 0.6) is 5.75 Å². The summed E-state index contributed by atoms with van der Waals surface area (Å²) in [6, 6.07) is 13.4. The Morgan fingerprint density at radius 2 is 1.34 bits per heavy atom. The average molecular weight is 459 g/mol. The van der Waals surface area contributed by atoms with E-state index in [-0.39, 0.29) is 5.69 Å². The van der Waals surface area contributed by atoms with E-state index in [0.29, 0.717) is 11.3 Å². The van der Waals surface area contributed by atoms with Gasteiger partial charge in [-0.05, 0) is 49.1 Å². The van der Waals surface area contributed by atoms with Gasteiger partial charge in [0.1, 0.15) is 5.75 Å². The normalized spacial score (nSPS) is 11.3. The Morgan fingerprint density at radius 1 is 0.844 bits per heavy atom. The lowest BCUT2D eigenvalue weighted by molar-refractivity contribution is -0.384. The Balaban J connectivity index is 2.10. The molecule has 0 saturated heterocycles. The predicted molar refractivity (Wildman–Crippen MR) is 134 cm³/mol. The molecule has 0 unspecified atom stereocenters. The predicted octanol–water partition coefficient (Wildman–Crippen LogP) is 7.73. The number of non-ortho nitro benzene ring substituents is 1. The summed E-state index contributed by atoms with van der Waals surface area (Å²) >= 11 is 0. The van der Waals surface area contributed by atoms with Crippen LogP contribution in [0.4, 0.5) is 5.69 Å². The molecule has 0 bridgehead atoms. The van der Waals surface area contributed by atoms with Crippen molar-refractivity contribution < 1.29 is 14.5 Å². The molecule has 0 aliphatic carbocycles. The molecule has 0 heterocycles. The number of nitrogens with zero attached hydrogens (tertiary/aromatic N) is 1. The topological polar surface area (TPSA) is 69.4 Å². The number of hydrogen-bond acceptors (Lipinski definition) is 4. The van der Waals surface area contributed by atoms with Gasteiger partial charge in [0.05, 0.1) is 35.1 Å². The van der Waals surface area contributed by atoms with Gasteiger partial charge in [-0.25, -0.2) is 4.79 Å². The molecule has 174 valence electrons. The highest BCUT2D eigenvalue weighted by molar-refractivity contribution is 7.75. The highest BCUT2D eigenvalue weighted by Crippen LogP contribution is 2.63. The number of carbonyl (C=O) groups excluding carboxylic acids is 1. The molecule has 5 nitrogen and oxygen atoms in total. The lowest BCUT2D eigenvalue weighted by atomic mass is 10.1. The lowest BCUT2D eigenvalue weighted by Gasteiger charge is -2.28. The van der Waals surface area contributed by atoms with Crippen LogP contribution in [0, 0.1) is 10.1 Å². The van der Waals surface area contributed by atoms with Crippen LogP contribution in [0.25, 0.3) is 0 Å². The molecule has 0 fully saturated rings. The minimum atomic E-state index is -1.05. The fourth-order valence-corrected chi connectivity index (χ4v) is 9.08. The summed E-state index contributed by atoms with van der Waals surface area (Å²) in [6.07, 6.45) is 12.9. The van der Waals surface area contributed by atoms with Crippen molar-refractivity contribution in [1.82, 2.24) is 0 Å². The minimum Gasteiger partial charge on any atom is -0.423 e. The van der Waals surface area contributed by atoms with Crippen LogP contribution in [0.3, 0.4) is 0 Å². The van der Waals surface area contributed by atoms with Crippen molar-refractivity contribution in [1.29, 1.82) is 0 Å². The minimum absolute atomic E-state index is 0.0322. The number of nitro benzene ring substituents is 1.